The summed E-state index contributed by atoms with van der Waals surface area (Å²) < 4.78 is 41.8. The van der Waals surface area contributed by atoms with Gasteiger partial charge in [-0.1, -0.05) is 11.6 Å². The average molecular weight is 466 g/mol. The molecule has 32 heavy (non-hydrogen) atoms. The number of nitrogens with one attached hydrogen (secondary N) is 2. The van der Waals surface area contributed by atoms with E-state index in [0.29, 0.717) is 34.8 Å². The van der Waals surface area contributed by atoms with Gasteiger partial charge in [0.05, 0.1) is 5.52 Å². The summed E-state index contributed by atoms with van der Waals surface area (Å²) in [7, 11) is 0. The van der Waals surface area contributed by atoms with E-state index in [9.17, 15) is 18.0 Å². The highest BCUT2D eigenvalue weighted by atomic mass is 35.5. The second-order valence-corrected chi connectivity index (χ2v) is 8.36. The number of anilines is 1. The van der Waals surface area contributed by atoms with Crippen LogP contribution in [0.5, 0.6) is 0 Å². The number of rotatable bonds is 5. The van der Waals surface area contributed by atoms with Gasteiger partial charge in [0.1, 0.15) is 11.4 Å². The molecule has 0 aliphatic heterocycles. The number of carbonyl (C=O) groups excluding carboxylic acids is 1. The van der Waals surface area contributed by atoms with Crippen LogP contribution in [0.2, 0.25) is 5.02 Å². The van der Waals surface area contributed by atoms with Crippen molar-refractivity contribution in [2.24, 2.45) is 0 Å². The van der Waals surface area contributed by atoms with E-state index in [-0.39, 0.29) is 23.5 Å². The first-order valence-corrected chi connectivity index (χ1v) is 10.9. The van der Waals surface area contributed by atoms with Crippen molar-refractivity contribution < 1.29 is 18.0 Å². The fourth-order valence-electron chi connectivity index (χ4n) is 4.17. The molecule has 0 saturated heterocycles. The van der Waals surface area contributed by atoms with Gasteiger partial charge in [0, 0.05) is 40.9 Å². The number of hydrogen-bond acceptors (Lipinski definition) is 4. The summed E-state index contributed by atoms with van der Waals surface area (Å²) in [5.74, 6) is -0.199. The lowest BCUT2D eigenvalue weighted by molar-refractivity contribution is -0.140. The van der Waals surface area contributed by atoms with Crippen LogP contribution < -0.4 is 10.6 Å². The van der Waals surface area contributed by atoms with Gasteiger partial charge in [0.15, 0.2) is 0 Å². The minimum absolute atomic E-state index is 0.0901. The standard InChI is InChI=1S/C22H23ClF3N5O/c1-2-31-19(8-9-27-31)21(32)29-15-5-3-4-14(11-15)28-18-12-20(22(24,25)26)30-17-7-6-13(23)10-16(17)18/h6-10,12,14-15H,2-5,11H2,1H3,(H,28,30)(H,29,32)/t14-,15+/m0/s1. The second-order valence-electron chi connectivity index (χ2n) is 7.92. The van der Waals surface area contributed by atoms with Crippen molar-refractivity contribution >= 4 is 34.1 Å². The summed E-state index contributed by atoms with van der Waals surface area (Å²) >= 11 is 6.08. The van der Waals surface area contributed by atoms with Gasteiger partial charge in [-0.15, -0.1) is 0 Å². The number of fused-ring (bicyclic) bond motifs is 1. The minimum atomic E-state index is -4.56. The lowest BCUT2D eigenvalue weighted by Gasteiger charge is -2.31. The zero-order valence-corrected chi connectivity index (χ0v) is 18.2. The maximum absolute atomic E-state index is 13.4. The highest BCUT2D eigenvalue weighted by molar-refractivity contribution is 6.31. The molecule has 2 N–H and O–H groups in total. The first kappa shape index (κ1) is 22.4. The van der Waals surface area contributed by atoms with Crippen molar-refractivity contribution in [2.45, 2.75) is 57.4 Å². The van der Waals surface area contributed by atoms with E-state index >= 15 is 0 Å². The lowest BCUT2D eigenvalue weighted by Crippen LogP contribution is -2.42. The fraction of sp³-hybridized carbons (Fsp3) is 0.409. The predicted molar refractivity (Wildman–Crippen MR) is 117 cm³/mol. The zero-order valence-electron chi connectivity index (χ0n) is 17.4. The van der Waals surface area contributed by atoms with Crippen molar-refractivity contribution in [3.63, 3.8) is 0 Å². The molecular formula is C22H23ClF3N5O. The van der Waals surface area contributed by atoms with E-state index in [4.69, 9.17) is 11.6 Å². The molecule has 1 fully saturated rings. The van der Waals surface area contributed by atoms with Crippen LogP contribution in [-0.2, 0) is 12.7 Å². The number of alkyl halides is 3. The molecule has 3 aromatic rings. The summed E-state index contributed by atoms with van der Waals surface area (Å²) in [6.45, 7) is 2.49. The number of benzene rings is 1. The van der Waals surface area contributed by atoms with Gasteiger partial charge in [-0.3, -0.25) is 9.48 Å². The summed E-state index contributed by atoms with van der Waals surface area (Å²) in [5, 5.41) is 11.4. The quantitative estimate of drug-likeness (QED) is 0.538. The number of nitrogens with zero attached hydrogens (tertiary/aromatic N) is 3. The highest BCUT2D eigenvalue weighted by Crippen LogP contribution is 2.35. The van der Waals surface area contributed by atoms with Crippen LogP contribution >= 0.6 is 11.6 Å². The van der Waals surface area contributed by atoms with Crippen molar-refractivity contribution in [2.75, 3.05) is 5.32 Å². The summed E-state index contributed by atoms with van der Waals surface area (Å²) in [6.07, 6.45) is 0.0479. The van der Waals surface area contributed by atoms with E-state index in [1.54, 1.807) is 23.0 Å². The Morgan fingerprint density at radius 1 is 1.22 bits per heavy atom. The van der Waals surface area contributed by atoms with Crippen LogP contribution in [0.3, 0.4) is 0 Å². The number of carbonyl (C=O) groups is 1. The molecule has 1 aliphatic rings. The summed E-state index contributed by atoms with van der Waals surface area (Å²) in [5.41, 5.74) is 0.0987. The van der Waals surface area contributed by atoms with Gasteiger partial charge >= 0.3 is 6.18 Å². The molecule has 6 nitrogen and oxygen atoms in total. The van der Waals surface area contributed by atoms with E-state index in [1.165, 1.54) is 12.1 Å². The Balaban J connectivity index is 1.53. The monoisotopic (exact) mass is 465 g/mol. The molecule has 170 valence electrons. The molecule has 10 heteroatoms. The van der Waals surface area contributed by atoms with Crippen LogP contribution in [-0.4, -0.2) is 32.8 Å². The topological polar surface area (TPSA) is 71.8 Å². The third-order valence-electron chi connectivity index (χ3n) is 5.68. The number of halogens is 4. The van der Waals surface area contributed by atoms with Crippen LogP contribution in [0.1, 0.15) is 48.8 Å². The van der Waals surface area contributed by atoms with Gasteiger partial charge < -0.3 is 10.6 Å². The first-order chi connectivity index (χ1) is 15.2. The summed E-state index contributed by atoms with van der Waals surface area (Å²) in [6, 6.07) is 7.13. The van der Waals surface area contributed by atoms with Crippen LogP contribution in [0.4, 0.5) is 18.9 Å². The van der Waals surface area contributed by atoms with Gasteiger partial charge in [-0.05, 0) is 62.9 Å². The van der Waals surface area contributed by atoms with Gasteiger partial charge in [-0.25, -0.2) is 4.98 Å². The van der Waals surface area contributed by atoms with Gasteiger partial charge in [0.25, 0.3) is 5.91 Å². The second kappa shape index (κ2) is 8.97. The van der Waals surface area contributed by atoms with Gasteiger partial charge in [-0.2, -0.15) is 18.3 Å². The van der Waals surface area contributed by atoms with Crippen LogP contribution in [0.25, 0.3) is 10.9 Å². The molecule has 0 radical (unpaired) electrons. The first-order valence-electron chi connectivity index (χ1n) is 10.5. The normalized spacial score (nSPS) is 19.2. The summed E-state index contributed by atoms with van der Waals surface area (Å²) in [4.78, 5) is 16.4. The Morgan fingerprint density at radius 3 is 2.75 bits per heavy atom. The van der Waals surface area contributed by atoms with Crippen molar-refractivity contribution in [3.8, 4) is 0 Å². The van der Waals surface area contributed by atoms with Crippen molar-refractivity contribution in [3.05, 3.63) is 52.9 Å². The van der Waals surface area contributed by atoms with Crippen LogP contribution in [0.15, 0.2) is 36.5 Å². The molecular weight excluding hydrogens is 443 g/mol. The Hall–Kier alpha value is -2.81. The van der Waals surface area contributed by atoms with E-state index in [2.05, 4.69) is 20.7 Å². The number of pyridine rings is 1. The molecule has 2 heterocycles. The average Bonchev–Trinajstić information content (AvgIpc) is 3.22. The van der Waals surface area contributed by atoms with E-state index in [1.807, 2.05) is 6.92 Å². The Kier molecular flexibility index (Phi) is 6.28. The van der Waals surface area contributed by atoms with Crippen molar-refractivity contribution in [1.82, 2.24) is 20.1 Å². The number of aryl methyl sites for hydroxylation is 1. The Labute approximate surface area is 188 Å². The molecule has 1 amide bonds. The molecule has 1 aromatic carbocycles. The number of amides is 1. The minimum Gasteiger partial charge on any atom is -0.382 e. The third-order valence-corrected chi connectivity index (χ3v) is 5.91. The third kappa shape index (κ3) is 4.82. The molecule has 0 unspecified atom stereocenters. The van der Waals surface area contributed by atoms with E-state index < -0.39 is 11.9 Å². The molecule has 4 rings (SSSR count). The molecule has 1 aliphatic carbocycles. The van der Waals surface area contributed by atoms with Gasteiger partial charge in [0.2, 0.25) is 0 Å². The van der Waals surface area contributed by atoms with Crippen LogP contribution in [0, 0.1) is 0 Å². The number of hydrogen-bond donors (Lipinski definition) is 2. The van der Waals surface area contributed by atoms with E-state index in [0.717, 1.165) is 25.3 Å². The lowest BCUT2D eigenvalue weighted by atomic mass is 9.90. The Bertz CT molecular complexity index is 1130. The Morgan fingerprint density at radius 2 is 2.00 bits per heavy atom. The number of aromatic nitrogens is 3. The molecule has 2 atom stereocenters. The SMILES string of the molecule is CCn1nccc1C(=O)N[C@@H]1CCC[C@H](Nc2cc(C(F)(F)F)nc3ccc(Cl)cc23)C1. The molecule has 2 aromatic heterocycles. The molecule has 1 saturated carbocycles. The largest absolute Gasteiger partial charge is 0.433 e. The zero-order chi connectivity index (χ0) is 22.9. The highest BCUT2D eigenvalue weighted by Gasteiger charge is 2.34. The maximum atomic E-state index is 13.4. The molecule has 0 bridgehead atoms. The van der Waals surface area contributed by atoms with Crippen molar-refractivity contribution in [1.29, 1.82) is 0 Å². The maximum Gasteiger partial charge on any atom is 0.433 e. The smallest absolute Gasteiger partial charge is 0.382 e. The molecule has 0 spiro atoms. The fourth-order valence-corrected chi connectivity index (χ4v) is 4.34. The predicted octanol–water partition coefficient (Wildman–Crippen LogP) is 5.28.